The van der Waals surface area contributed by atoms with Gasteiger partial charge in [0.1, 0.15) is 5.75 Å². The van der Waals surface area contributed by atoms with Gasteiger partial charge in [0, 0.05) is 36.5 Å². The summed E-state index contributed by atoms with van der Waals surface area (Å²) in [5, 5.41) is 10.3. The first-order chi connectivity index (χ1) is 21.6. The molecule has 1 aliphatic heterocycles. The van der Waals surface area contributed by atoms with E-state index in [2.05, 4.69) is 60.8 Å². The van der Waals surface area contributed by atoms with Crippen molar-refractivity contribution in [3.63, 3.8) is 0 Å². The van der Waals surface area contributed by atoms with E-state index in [1.54, 1.807) is 19.2 Å². The minimum absolute atomic E-state index is 0.0123. The molecule has 0 spiro atoms. The van der Waals surface area contributed by atoms with Gasteiger partial charge in [0.05, 0.1) is 26.5 Å². The number of unbranched alkanes of at least 4 members (excludes halogenated alkanes) is 2. The summed E-state index contributed by atoms with van der Waals surface area (Å²) in [5.41, 5.74) is 4.61. The average Bonchev–Trinajstić information content (AvgIpc) is 3.07. The van der Waals surface area contributed by atoms with Gasteiger partial charge in [0.25, 0.3) is 0 Å². The van der Waals surface area contributed by atoms with Crippen molar-refractivity contribution in [3.05, 3.63) is 89.5 Å². The number of carbonyl (C=O) groups is 1. The van der Waals surface area contributed by atoms with Crippen molar-refractivity contribution >= 4 is 11.6 Å². The van der Waals surface area contributed by atoms with Crippen molar-refractivity contribution in [2.24, 2.45) is 16.9 Å². The molecule has 7 heteroatoms. The van der Waals surface area contributed by atoms with Crippen molar-refractivity contribution < 1.29 is 19.0 Å². The molecule has 1 heterocycles. The van der Waals surface area contributed by atoms with Crippen LogP contribution in [0.4, 0.5) is 0 Å². The number of ether oxygens (including phenoxy) is 3. The molecule has 0 saturated heterocycles. The van der Waals surface area contributed by atoms with Crippen molar-refractivity contribution in [3.8, 4) is 17.2 Å². The molecule has 234 valence electrons. The third kappa shape index (κ3) is 8.20. The summed E-state index contributed by atoms with van der Waals surface area (Å²) in [4.78, 5) is 13.4. The SMILES string of the molecule is COc1ccc(C2=NN(CCCCCOc3ccc(CC(C)NCc4ccccc4)cc3)C(=O)C3CCCCC23)cc1OC. The first-order valence-corrected chi connectivity index (χ1v) is 16.2. The summed E-state index contributed by atoms with van der Waals surface area (Å²) in [6, 6.07) is 25.3. The van der Waals surface area contributed by atoms with E-state index in [4.69, 9.17) is 19.3 Å². The van der Waals surface area contributed by atoms with Gasteiger partial charge in [0.2, 0.25) is 5.91 Å². The number of hydrogen-bond donors (Lipinski definition) is 1. The first kappa shape index (κ1) is 31.6. The van der Waals surface area contributed by atoms with E-state index in [9.17, 15) is 4.79 Å². The van der Waals surface area contributed by atoms with E-state index in [-0.39, 0.29) is 17.7 Å². The van der Waals surface area contributed by atoms with Gasteiger partial charge in [-0.2, -0.15) is 5.10 Å². The zero-order chi connectivity index (χ0) is 30.7. The molecule has 0 aromatic heterocycles. The van der Waals surface area contributed by atoms with Crippen LogP contribution < -0.4 is 19.5 Å². The smallest absolute Gasteiger partial charge is 0.246 e. The summed E-state index contributed by atoms with van der Waals surface area (Å²) in [6.07, 6.45) is 7.94. The summed E-state index contributed by atoms with van der Waals surface area (Å²) >= 11 is 0. The number of carbonyl (C=O) groups excluding carboxylic acids is 1. The molecular formula is C37H47N3O4. The number of rotatable bonds is 15. The van der Waals surface area contributed by atoms with E-state index >= 15 is 0 Å². The lowest BCUT2D eigenvalue weighted by atomic mass is 9.73. The van der Waals surface area contributed by atoms with Gasteiger partial charge in [-0.25, -0.2) is 5.01 Å². The van der Waals surface area contributed by atoms with E-state index in [0.29, 0.717) is 30.7 Å². The fraction of sp³-hybridized carbons (Fsp3) is 0.459. The van der Waals surface area contributed by atoms with Crippen LogP contribution in [-0.4, -0.2) is 50.0 Å². The molecule has 7 nitrogen and oxygen atoms in total. The van der Waals surface area contributed by atoms with Crippen LogP contribution >= 0.6 is 0 Å². The number of hydrogen-bond acceptors (Lipinski definition) is 6. The Morgan fingerprint density at radius 2 is 1.61 bits per heavy atom. The van der Waals surface area contributed by atoms with Crippen molar-refractivity contribution in [2.75, 3.05) is 27.4 Å². The van der Waals surface area contributed by atoms with Crippen molar-refractivity contribution in [1.82, 2.24) is 10.3 Å². The minimum atomic E-state index is 0.0123. The lowest BCUT2D eigenvalue weighted by Gasteiger charge is -2.38. The predicted octanol–water partition coefficient (Wildman–Crippen LogP) is 7.03. The van der Waals surface area contributed by atoms with Crippen LogP contribution in [0.25, 0.3) is 0 Å². The maximum absolute atomic E-state index is 13.4. The maximum atomic E-state index is 13.4. The van der Waals surface area contributed by atoms with Crippen molar-refractivity contribution in [2.45, 2.75) is 70.9 Å². The van der Waals surface area contributed by atoms with Crippen LogP contribution in [-0.2, 0) is 17.8 Å². The van der Waals surface area contributed by atoms with Gasteiger partial charge in [-0.1, -0.05) is 55.3 Å². The molecule has 1 saturated carbocycles. The monoisotopic (exact) mass is 597 g/mol. The number of hydrazone groups is 1. The van der Waals surface area contributed by atoms with Gasteiger partial charge in [-0.15, -0.1) is 0 Å². The summed E-state index contributed by atoms with van der Waals surface area (Å²) < 4.78 is 17.0. The second-order valence-electron chi connectivity index (χ2n) is 12.0. The van der Waals surface area contributed by atoms with Crippen LogP contribution in [0.1, 0.15) is 68.6 Å². The number of amides is 1. The second kappa shape index (κ2) is 15.8. The van der Waals surface area contributed by atoms with Crippen LogP contribution in [0, 0.1) is 11.8 Å². The summed E-state index contributed by atoms with van der Waals surface area (Å²) in [5.74, 6) is 2.64. The predicted molar refractivity (Wildman–Crippen MR) is 175 cm³/mol. The molecule has 0 radical (unpaired) electrons. The summed E-state index contributed by atoms with van der Waals surface area (Å²) in [7, 11) is 3.29. The molecule has 3 aromatic rings. The molecule has 1 N–H and O–H groups in total. The standard InChI is InChI=1S/C37H47N3O4/c1-27(38-26-29-12-6-4-7-13-29)24-28-16-19-31(20-17-28)44-23-11-5-10-22-40-37(41)33-15-9-8-14-32(33)36(39-40)30-18-21-34(42-2)35(25-30)43-3/h4,6-7,12-13,16-21,25,27,32-33,38H,5,8-11,14-15,22-24,26H2,1-3H3. The normalized spacial score (nSPS) is 18.8. The van der Waals surface area contributed by atoms with Crippen LogP contribution in [0.2, 0.25) is 0 Å². The maximum Gasteiger partial charge on any atom is 0.246 e. The highest BCUT2D eigenvalue weighted by Crippen LogP contribution is 2.39. The van der Waals surface area contributed by atoms with E-state index < -0.39 is 0 Å². The molecule has 5 rings (SSSR count). The molecule has 0 bridgehead atoms. The molecule has 2 aliphatic rings. The Morgan fingerprint density at radius 3 is 2.36 bits per heavy atom. The van der Waals surface area contributed by atoms with Crippen LogP contribution in [0.3, 0.4) is 0 Å². The highest BCUT2D eigenvalue weighted by atomic mass is 16.5. The number of benzene rings is 3. The molecule has 1 aliphatic carbocycles. The van der Waals surface area contributed by atoms with Crippen LogP contribution in [0.15, 0.2) is 77.9 Å². The number of methoxy groups -OCH3 is 2. The summed E-state index contributed by atoms with van der Waals surface area (Å²) in [6.45, 7) is 4.39. The number of nitrogens with one attached hydrogen (secondary N) is 1. The zero-order valence-corrected chi connectivity index (χ0v) is 26.5. The molecular weight excluding hydrogens is 550 g/mol. The number of nitrogens with zero attached hydrogens (tertiary/aromatic N) is 2. The fourth-order valence-corrected chi connectivity index (χ4v) is 6.39. The Balaban J connectivity index is 1.07. The molecule has 1 amide bonds. The van der Waals surface area contributed by atoms with Crippen LogP contribution in [0.5, 0.6) is 17.2 Å². The second-order valence-corrected chi connectivity index (χ2v) is 12.0. The third-order valence-electron chi connectivity index (χ3n) is 8.84. The Bertz CT molecular complexity index is 1380. The van der Waals surface area contributed by atoms with Gasteiger partial charge in [-0.05, 0) is 86.9 Å². The fourth-order valence-electron chi connectivity index (χ4n) is 6.39. The lowest BCUT2D eigenvalue weighted by molar-refractivity contribution is -0.139. The van der Waals surface area contributed by atoms with E-state index in [0.717, 1.165) is 74.9 Å². The van der Waals surface area contributed by atoms with Gasteiger partial charge in [-0.3, -0.25) is 4.79 Å². The molecule has 3 unspecified atom stereocenters. The highest BCUT2D eigenvalue weighted by Gasteiger charge is 2.41. The Hall–Kier alpha value is -3.84. The average molecular weight is 598 g/mol. The lowest BCUT2D eigenvalue weighted by Crippen LogP contribution is -2.46. The molecule has 3 atom stereocenters. The van der Waals surface area contributed by atoms with Gasteiger partial charge < -0.3 is 19.5 Å². The topological polar surface area (TPSA) is 72.4 Å². The molecule has 44 heavy (non-hydrogen) atoms. The Kier molecular flexibility index (Phi) is 11.3. The third-order valence-corrected chi connectivity index (χ3v) is 8.84. The largest absolute Gasteiger partial charge is 0.494 e. The first-order valence-electron chi connectivity index (χ1n) is 16.2. The molecule has 1 fully saturated rings. The minimum Gasteiger partial charge on any atom is -0.494 e. The number of fused-ring (bicyclic) bond motifs is 1. The zero-order valence-electron chi connectivity index (χ0n) is 26.5. The highest BCUT2D eigenvalue weighted by molar-refractivity contribution is 6.07. The Labute approximate surface area is 262 Å². The Morgan fingerprint density at radius 1 is 0.864 bits per heavy atom. The van der Waals surface area contributed by atoms with Crippen molar-refractivity contribution in [1.29, 1.82) is 0 Å². The van der Waals surface area contributed by atoms with Gasteiger partial charge >= 0.3 is 0 Å². The quantitative estimate of drug-likeness (QED) is 0.191. The molecule has 3 aromatic carbocycles. The van der Waals surface area contributed by atoms with Gasteiger partial charge in [0.15, 0.2) is 11.5 Å². The van der Waals surface area contributed by atoms with E-state index in [1.165, 1.54) is 11.1 Å². The van der Waals surface area contributed by atoms with E-state index in [1.807, 2.05) is 24.3 Å².